The summed E-state index contributed by atoms with van der Waals surface area (Å²) in [6.45, 7) is 9.66. The van der Waals surface area contributed by atoms with Gasteiger partial charge in [-0.2, -0.15) is 4.31 Å². The largest absolute Gasteiger partial charge is 0.483 e. The average Bonchev–Trinajstić information content (AvgIpc) is 2.82. The molecular formula is C29H35NO4S. The lowest BCUT2D eigenvalue weighted by Gasteiger charge is -2.24. The minimum absolute atomic E-state index is 0.0601. The zero-order chi connectivity index (χ0) is 25.6. The first kappa shape index (κ1) is 26.5. The highest BCUT2D eigenvalue weighted by atomic mass is 32.2. The lowest BCUT2D eigenvalue weighted by atomic mass is 10.0. The lowest BCUT2D eigenvalue weighted by molar-refractivity contribution is -0.119. The van der Waals surface area contributed by atoms with Crippen LogP contribution in [0.3, 0.4) is 0 Å². The van der Waals surface area contributed by atoms with Crippen molar-refractivity contribution in [2.75, 3.05) is 10.9 Å². The fourth-order valence-corrected chi connectivity index (χ4v) is 5.26. The maximum absolute atomic E-state index is 13.6. The van der Waals surface area contributed by atoms with Crippen molar-refractivity contribution in [3.05, 3.63) is 89.0 Å². The molecule has 186 valence electrons. The van der Waals surface area contributed by atoms with Gasteiger partial charge in [0.2, 0.25) is 0 Å². The van der Waals surface area contributed by atoms with Crippen molar-refractivity contribution in [2.24, 2.45) is 0 Å². The third-order valence-corrected chi connectivity index (χ3v) is 7.68. The molecule has 0 radical (unpaired) electrons. The number of aryl methyl sites for hydroxylation is 3. The first-order chi connectivity index (χ1) is 16.6. The van der Waals surface area contributed by atoms with Gasteiger partial charge in [-0.25, -0.2) is 8.42 Å². The van der Waals surface area contributed by atoms with E-state index in [9.17, 15) is 13.2 Å². The van der Waals surface area contributed by atoms with E-state index in [1.165, 1.54) is 12.1 Å². The number of anilines is 1. The van der Waals surface area contributed by atoms with Gasteiger partial charge in [0, 0.05) is 0 Å². The van der Waals surface area contributed by atoms with Gasteiger partial charge in [-0.1, -0.05) is 69.2 Å². The van der Waals surface area contributed by atoms with E-state index >= 15 is 0 Å². The molecule has 5 nitrogen and oxygen atoms in total. The molecule has 35 heavy (non-hydrogen) atoms. The Kier molecular flexibility index (Phi) is 8.73. The predicted octanol–water partition coefficient (Wildman–Crippen LogP) is 6.57. The van der Waals surface area contributed by atoms with Crippen LogP contribution in [0.5, 0.6) is 5.75 Å². The van der Waals surface area contributed by atoms with Crippen molar-refractivity contribution >= 4 is 21.6 Å². The molecule has 0 aliphatic heterocycles. The molecule has 3 rings (SSSR count). The number of nitrogens with zero attached hydrogens (tertiary/aromatic N) is 1. The third-order valence-electron chi connectivity index (χ3n) is 5.92. The smallest absolute Gasteiger partial charge is 0.278 e. The number of carbonyl (C=O) groups excluding carboxylic acids is 1. The molecule has 0 aliphatic carbocycles. The Morgan fingerprint density at radius 1 is 0.914 bits per heavy atom. The summed E-state index contributed by atoms with van der Waals surface area (Å²) in [5.74, 6) is 0.141. The molecule has 3 aromatic rings. The fraction of sp³-hybridized carbons (Fsp3) is 0.345. The van der Waals surface area contributed by atoms with Gasteiger partial charge in [0.15, 0.2) is 6.61 Å². The molecule has 3 aromatic carbocycles. The van der Waals surface area contributed by atoms with Crippen LogP contribution in [0.25, 0.3) is 0 Å². The van der Waals surface area contributed by atoms with Crippen LogP contribution in [0.2, 0.25) is 0 Å². The van der Waals surface area contributed by atoms with E-state index in [-0.39, 0.29) is 10.8 Å². The number of ether oxygens (including phenoxy) is 1. The molecule has 0 fully saturated rings. The van der Waals surface area contributed by atoms with E-state index in [0.29, 0.717) is 11.4 Å². The van der Waals surface area contributed by atoms with Crippen molar-refractivity contribution < 1.29 is 17.9 Å². The van der Waals surface area contributed by atoms with Gasteiger partial charge in [-0.05, 0) is 79.6 Å². The monoisotopic (exact) mass is 493 g/mol. The van der Waals surface area contributed by atoms with Crippen LogP contribution >= 0.6 is 0 Å². The molecule has 0 N–H and O–H groups in total. The van der Waals surface area contributed by atoms with Crippen molar-refractivity contribution in [3.63, 3.8) is 0 Å². The second-order valence-corrected chi connectivity index (χ2v) is 11.0. The Bertz CT molecular complexity index is 1250. The van der Waals surface area contributed by atoms with Crippen LogP contribution in [-0.2, 0) is 21.2 Å². The van der Waals surface area contributed by atoms with Gasteiger partial charge in [0.05, 0.1) is 10.6 Å². The maximum atomic E-state index is 13.6. The van der Waals surface area contributed by atoms with E-state index in [2.05, 4.69) is 6.92 Å². The second-order valence-electron chi connectivity index (χ2n) is 9.23. The quantitative estimate of drug-likeness (QED) is 0.320. The molecule has 0 bridgehead atoms. The Balaban J connectivity index is 1.96. The van der Waals surface area contributed by atoms with E-state index in [0.717, 1.165) is 45.8 Å². The van der Waals surface area contributed by atoms with Gasteiger partial charge < -0.3 is 4.74 Å². The zero-order valence-electron chi connectivity index (χ0n) is 21.2. The average molecular weight is 494 g/mol. The SMILES string of the molecule is CCCCc1ccc(N(C(=O)COc2cc(C)ccc2C(C)C)S(=O)(=O)c2ccc(C)cc2)cc1. The number of hydrogen-bond donors (Lipinski definition) is 0. The Morgan fingerprint density at radius 3 is 2.14 bits per heavy atom. The van der Waals surface area contributed by atoms with E-state index in [4.69, 9.17) is 4.74 Å². The number of carbonyl (C=O) groups is 1. The minimum Gasteiger partial charge on any atom is -0.483 e. The molecule has 0 saturated carbocycles. The molecule has 0 aliphatic rings. The third kappa shape index (κ3) is 6.51. The second kappa shape index (κ2) is 11.5. The number of sulfonamides is 1. The highest BCUT2D eigenvalue weighted by Crippen LogP contribution is 2.29. The van der Waals surface area contributed by atoms with Crippen molar-refractivity contribution in [3.8, 4) is 5.75 Å². The summed E-state index contributed by atoms with van der Waals surface area (Å²) in [6, 6.07) is 19.5. The summed E-state index contributed by atoms with van der Waals surface area (Å²) in [5, 5.41) is 0. The maximum Gasteiger partial charge on any atom is 0.278 e. The first-order valence-corrected chi connectivity index (χ1v) is 13.5. The van der Waals surface area contributed by atoms with Gasteiger partial charge >= 0.3 is 0 Å². The van der Waals surface area contributed by atoms with Crippen LogP contribution in [0.1, 0.15) is 61.8 Å². The fourth-order valence-electron chi connectivity index (χ4n) is 3.85. The van der Waals surface area contributed by atoms with E-state index in [1.807, 2.05) is 58.0 Å². The molecule has 1 amide bonds. The number of unbranched alkanes of at least 4 members (excludes halogenated alkanes) is 1. The van der Waals surface area contributed by atoms with Gasteiger partial charge in [-0.15, -0.1) is 0 Å². The van der Waals surface area contributed by atoms with Gasteiger partial charge in [0.1, 0.15) is 5.75 Å². The number of benzene rings is 3. The Morgan fingerprint density at radius 2 is 1.54 bits per heavy atom. The summed E-state index contributed by atoms with van der Waals surface area (Å²) in [5.41, 5.74) is 4.31. The summed E-state index contributed by atoms with van der Waals surface area (Å²) in [4.78, 5) is 13.5. The number of hydrogen-bond acceptors (Lipinski definition) is 4. The Hall–Kier alpha value is -3.12. The van der Waals surface area contributed by atoms with Crippen LogP contribution in [0.15, 0.2) is 71.6 Å². The van der Waals surface area contributed by atoms with Crippen LogP contribution in [-0.4, -0.2) is 20.9 Å². The lowest BCUT2D eigenvalue weighted by Crippen LogP contribution is -2.40. The highest BCUT2D eigenvalue weighted by molar-refractivity contribution is 7.93. The summed E-state index contributed by atoms with van der Waals surface area (Å²) < 4.78 is 34.0. The van der Waals surface area contributed by atoms with Crippen molar-refractivity contribution in [1.82, 2.24) is 0 Å². The van der Waals surface area contributed by atoms with E-state index < -0.39 is 22.5 Å². The summed E-state index contributed by atoms with van der Waals surface area (Å²) in [6.07, 6.45) is 3.03. The molecule has 0 saturated heterocycles. The molecule has 0 heterocycles. The van der Waals surface area contributed by atoms with Crippen molar-refractivity contribution in [2.45, 2.75) is 64.7 Å². The molecular weight excluding hydrogens is 458 g/mol. The predicted molar refractivity (Wildman–Crippen MR) is 142 cm³/mol. The molecule has 6 heteroatoms. The highest BCUT2D eigenvalue weighted by Gasteiger charge is 2.31. The van der Waals surface area contributed by atoms with E-state index in [1.54, 1.807) is 24.3 Å². The summed E-state index contributed by atoms with van der Waals surface area (Å²) in [7, 11) is -4.14. The standard InChI is InChI=1S/C29H35NO4S/c1-6-7-8-24-12-14-25(15-13-24)30(35(32,33)26-16-9-22(4)10-17-26)29(31)20-34-28-19-23(5)11-18-27(28)21(2)3/h9-19,21H,6-8,20H2,1-5H3. The van der Waals surface area contributed by atoms with Gasteiger partial charge in [-0.3, -0.25) is 4.79 Å². The molecule has 0 aromatic heterocycles. The molecule has 0 spiro atoms. The topological polar surface area (TPSA) is 63.7 Å². The normalized spacial score (nSPS) is 11.5. The van der Waals surface area contributed by atoms with Crippen LogP contribution in [0.4, 0.5) is 5.69 Å². The van der Waals surface area contributed by atoms with Crippen LogP contribution in [0, 0.1) is 13.8 Å². The number of rotatable bonds is 10. The van der Waals surface area contributed by atoms with Crippen molar-refractivity contribution in [1.29, 1.82) is 0 Å². The van der Waals surface area contributed by atoms with Crippen LogP contribution < -0.4 is 9.04 Å². The molecule has 0 atom stereocenters. The van der Waals surface area contributed by atoms with Gasteiger partial charge in [0.25, 0.3) is 15.9 Å². The molecule has 0 unspecified atom stereocenters. The zero-order valence-corrected chi connectivity index (χ0v) is 22.1. The summed E-state index contributed by atoms with van der Waals surface area (Å²) >= 11 is 0. The Labute approximate surface area is 209 Å². The number of amides is 1. The minimum atomic E-state index is -4.14. The first-order valence-electron chi connectivity index (χ1n) is 12.1.